The van der Waals surface area contributed by atoms with Crippen LogP contribution in [0.5, 0.6) is 0 Å². The smallest absolute Gasteiger partial charge is 0.399 e. The van der Waals surface area contributed by atoms with Crippen LogP contribution in [-0.2, 0) is 6.18 Å². The lowest BCUT2D eigenvalue weighted by atomic mass is 9.99. The molecule has 0 amide bonds. The van der Waals surface area contributed by atoms with E-state index in [0.717, 1.165) is 12.1 Å². The van der Waals surface area contributed by atoms with Crippen molar-refractivity contribution >= 4 is 5.69 Å². The van der Waals surface area contributed by atoms with Gasteiger partial charge in [0.1, 0.15) is 0 Å². The van der Waals surface area contributed by atoms with Crippen LogP contribution >= 0.6 is 0 Å². The SMILES string of the molecule is N#Cc1cc(N)ccc1-c1ccc(C(F)(F)F)cc1. The maximum absolute atomic E-state index is 12.5. The van der Waals surface area contributed by atoms with Crippen LogP contribution in [0.2, 0.25) is 0 Å². The molecule has 0 aromatic heterocycles. The van der Waals surface area contributed by atoms with E-state index in [0.29, 0.717) is 22.4 Å². The van der Waals surface area contributed by atoms with E-state index in [1.807, 2.05) is 6.07 Å². The summed E-state index contributed by atoms with van der Waals surface area (Å²) in [6.45, 7) is 0. The van der Waals surface area contributed by atoms with Crippen LogP contribution in [0.1, 0.15) is 11.1 Å². The fraction of sp³-hybridized carbons (Fsp3) is 0.0714. The third kappa shape index (κ3) is 2.68. The van der Waals surface area contributed by atoms with Crippen molar-refractivity contribution in [1.29, 1.82) is 5.26 Å². The van der Waals surface area contributed by atoms with Crippen LogP contribution in [0.4, 0.5) is 18.9 Å². The molecule has 2 aromatic carbocycles. The van der Waals surface area contributed by atoms with Crippen LogP contribution in [0.25, 0.3) is 11.1 Å². The third-order valence-corrected chi connectivity index (χ3v) is 2.69. The largest absolute Gasteiger partial charge is 0.416 e. The van der Waals surface area contributed by atoms with Crippen molar-refractivity contribution in [2.24, 2.45) is 0 Å². The van der Waals surface area contributed by atoms with Gasteiger partial charge < -0.3 is 5.73 Å². The van der Waals surface area contributed by atoms with Crippen molar-refractivity contribution < 1.29 is 13.2 Å². The van der Waals surface area contributed by atoms with Gasteiger partial charge in [-0.1, -0.05) is 18.2 Å². The summed E-state index contributed by atoms with van der Waals surface area (Å²) in [5.74, 6) is 0. The number of benzene rings is 2. The molecule has 2 rings (SSSR count). The molecule has 2 aromatic rings. The Morgan fingerprint density at radius 2 is 1.63 bits per heavy atom. The standard InChI is InChI=1S/C14H9F3N2/c15-14(16,17)11-3-1-9(2-4-11)13-6-5-12(19)7-10(13)8-18/h1-7H,19H2. The zero-order valence-electron chi connectivity index (χ0n) is 9.70. The highest BCUT2D eigenvalue weighted by atomic mass is 19.4. The first kappa shape index (κ1) is 13.0. The van der Waals surface area contributed by atoms with Gasteiger partial charge in [0.15, 0.2) is 0 Å². The minimum atomic E-state index is -4.36. The van der Waals surface area contributed by atoms with Gasteiger partial charge >= 0.3 is 6.18 Å². The highest BCUT2D eigenvalue weighted by molar-refractivity contribution is 5.73. The molecule has 0 saturated carbocycles. The Morgan fingerprint density at radius 3 is 2.16 bits per heavy atom. The second-order valence-corrected chi connectivity index (χ2v) is 3.99. The Morgan fingerprint density at radius 1 is 1.00 bits per heavy atom. The third-order valence-electron chi connectivity index (χ3n) is 2.69. The molecule has 0 atom stereocenters. The average Bonchev–Trinajstić information content (AvgIpc) is 2.37. The van der Waals surface area contributed by atoms with Crippen molar-refractivity contribution in [3.05, 3.63) is 53.6 Å². The molecule has 0 bridgehead atoms. The quantitative estimate of drug-likeness (QED) is 0.794. The summed E-state index contributed by atoms with van der Waals surface area (Å²) in [4.78, 5) is 0. The number of nitrogens with two attached hydrogens (primary N) is 1. The second kappa shape index (κ2) is 4.65. The number of halogens is 3. The first-order valence-corrected chi connectivity index (χ1v) is 5.39. The highest BCUT2D eigenvalue weighted by Crippen LogP contribution is 2.32. The molecule has 0 radical (unpaired) electrons. The molecule has 0 fully saturated rings. The summed E-state index contributed by atoms with van der Waals surface area (Å²) in [6, 6.07) is 11.4. The minimum Gasteiger partial charge on any atom is -0.399 e. The number of alkyl halides is 3. The van der Waals surface area contributed by atoms with E-state index in [4.69, 9.17) is 11.0 Å². The molecule has 96 valence electrons. The number of hydrogen-bond donors (Lipinski definition) is 1. The Kier molecular flexibility index (Phi) is 3.17. The summed E-state index contributed by atoms with van der Waals surface area (Å²) in [6.07, 6.45) is -4.36. The van der Waals surface area contributed by atoms with Gasteiger partial charge in [0.2, 0.25) is 0 Å². The zero-order valence-corrected chi connectivity index (χ0v) is 9.70. The molecule has 19 heavy (non-hydrogen) atoms. The second-order valence-electron chi connectivity index (χ2n) is 3.99. The van der Waals surface area contributed by atoms with E-state index in [1.54, 1.807) is 12.1 Å². The van der Waals surface area contributed by atoms with Crippen molar-refractivity contribution in [2.45, 2.75) is 6.18 Å². The van der Waals surface area contributed by atoms with Crippen molar-refractivity contribution in [3.8, 4) is 17.2 Å². The summed E-state index contributed by atoms with van der Waals surface area (Å²) in [5.41, 5.74) is 6.72. The van der Waals surface area contributed by atoms with E-state index >= 15 is 0 Å². The van der Waals surface area contributed by atoms with Gasteiger partial charge in [-0.25, -0.2) is 0 Å². The molecule has 0 aliphatic rings. The van der Waals surface area contributed by atoms with Gasteiger partial charge in [-0.3, -0.25) is 0 Å². The first-order chi connectivity index (χ1) is 8.91. The van der Waals surface area contributed by atoms with Crippen LogP contribution in [-0.4, -0.2) is 0 Å². The number of hydrogen-bond acceptors (Lipinski definition) is 2. The molecular formula is C14H9F3N2. The normalized spacial score (nSPS) is 11.1. The topological polar surface area (TPSA) is 49.8 Å². The van der Waals surface area contributed by atoms with E-state index in [9.17, 15) is 13.2 Å². The Labute approximate surface area is 107 Å². The number of rotatable bonds is 1. The number of nitrogen functional groups attached to an aromatic ring is 1. The lowest BCUT2D eigenvalue weighted by Gasteiger charge is -2.09. The molecule has 0 aliphatic carbocycles. The summed E-state index contributed by atoms with van der Waals surface area (Å²) < 4.78 is 37.4. The van der Waals surface area contributed by atoms with Gasteiger partial charge in [0, 0.05) is 5.69 Å². The molecule has 0 saturated heterocycles. The maximum atomic E-state index is 12.5. The van der Waals surface area contributed by atoms with Crippen LogP contribution < -0.4 is 5.73 Å². The number of nitrogens with zero attached hydrogens (tertiary/aromatic N) is 1. The highest BCUT2D eigenvalue weighted by Gasteiger charge is 2.30. The van der Waals surface area contributed by atoms with Crippen LogP contribution in [0.3, 0.4) is 0 Å². The van der Waals surface area contributed by atoms with Gasteiger partial charge in [-0.15, -0.1) is 0 Å². The molecular weight excluding hydrogens is 253 g/mol. The van der Waals surface area contributed by atoms with Crippen molar-refractivity contribution in [3.63, 3.8) is 0 Å². The number of nitriles is 1. The molecule has 5 heteroatoms. The molecule has 2 nitrogen and oxygen atoms in total. The van der Waals surface area contributed by atoms with E-state index in [2.05, 4.69) is 0 Å². The zero-order chi connectivity index (χ0) is 14.0. The molecule has 0 heterocycles. The van der Waals surface area contributed by atoms with Crippen LogP contribution in [0, 0.1) is 11.3 Å². The Bertz CT molecular complexity index is 637. The van der Waals surface area contributed by atoms with Crippen molar-refractivity contribution in [1.82, 2.24) is 0 Å². The van der Waals surface area contributed by atoms with Gasteiger partial charge in [-0.2, -0.15) is 18.4 Å². The molecule has 0 aliphatic heterocycles. The Hall–Kier alpha value is -2.48. The van der Waals surface area contributed by atoms with E-state index < -0.39 is 11.7 Å². The Balaban J connectivity index is 2.47. The first-order valence-electron chi connectivity index (χ1n) is 5.39. The lowest BCUT2D eigenvalue weighted by Crippen LogP contribution is -2.04. The van der Waals surface area contributed by atoms with E-state index in [1.165, 1.54) is 18.2 Å². The number of anilines is 1. The fourth-order valence-corrected chi connectivity index (χ4v) is 1.74. The van der Waals surface area contributed by atoms with Gasteiger partial charge in [0.25, 0.3) is 0 Å². The van der Waals surface area contributed by atoms with Crippen LogP contribution in [0.15, 0.2) is 42.5 Å². The van der Waals surface area contributed by atoms with E-state index in [-0.39, 0.29) is 0 Å². The molecule has 2 N–H and O–H groups in total. The fourth-order valence-electron chi connectivity index (χ4n) is 1.74. The maximum Gasteiger partial charge on any atom is 0.416 e. The molecule has 0 spiro atoms. The van der Waals surface area contributed by atoms with Crippen molar-refractivity contribution in [2.75, 3.05) is 5.73 Å². The van der Waals surface area contributed by atoms with Gasteiger partial charge in [0.05, 0.1) is 17.2 Å². The minimum absolute atomic E-state index is 0.333. The summed E-state index contributed by atoms with van der Waals surface area (Å²) in [7, 11) is 0. The summed E-state index contributed by atoms with van der Waals surface area (Å²) >= 11 is 0. The predicted octanol–water partition coefficient (Wildman–Crippen LogP) is 3.83. The molecule has 0 unspecified atom stereocenters. The monoisotopic (exact) mass is 262 g/mol. The average molecular weight is 262 g/mol. The predicted molar refractivity (Wildman–Crippen MR) is 66.0 cm³/mol. The van der Waals surface area contributed by atoms with Gasteiger partial charge in [-0.05, 0) is 35.4 Å². The lowest BCUT2D eigenvalue weighted by molar-refractivity contribution is -0.137. The summed E-state index contributed by atoms with van der Waals surface area (Å²) in [5, 5.41) is 9.00.